The van der Waals surface area contributed by atoms with Crippen molar-refractivity contribution in [3.05, 3.63) is 60.1 Å². The molecule has 1 atom stereocenters. The predicted molar refractivity (Wildman–Crippen MR) is 82.5 cm³/mol. The third kappa shape index (κ3) is 2.79. The van der Waals surface area contributed by atoms with Gasteiger partial charge in [-0.3, -0.25) is 9.48 Å². The molecule has 0 aliphatic rings. The van der Waals surface area contributed by atoms with E-state index in [1.807, 2.05) is 0 Å². The van der Waals surface area contributed by atoms with Gasteiger partial charge in [-0.15, -0.1) is 5.10 Å². The van der Waals surface area contributed by atoms with Crippen LogP contribution < -0.4 is 10.1 Å². The van der Waals surface area contributed by atoms with Crippen LogP contribution in [-0.2, 0) is 12.6 Å². The van der Waals surface area contributed by atoms with Gasteiger partial charge in [0.15, 0.2) is 5.60 Å². The van der Waals surface area contributed by atoms with E-state index in [0.717, 1.165) is 0 Å². The molecule has 24 heavy (non-hydrogen) atoms. The molecule has 0 saturated carbocycles. The molecule has 0 saturated heterocycles. The number of nitrogens with one attached hydrogen (secondary N) is 1. The Hall–Kier alpha value is -3.00. The molecule has 0 aliphatic carbocycles. The number of nitrogens with zero attached hydrogens (tertiary/aromatic N) is 2. The Morgan fingerprint density at radius 3 is 2.92 bits per heavy atom. The number of aromatic nitrogens is 2. The number of ether oxygens (including phenoxy) is 1. The highest BCUT2D eigenvalue weighted by Gasteiger charge is 2.36. The van der Waals surface area contributed by atoms with Gasteiger partial charge in [-0.05, 0) is 18.2 Å². The van der Waals surface area contributed by atoms with Crippen molar-refractivity contribution in [3.63, 3.8) is 0 Å². The molecule has 0 aromatic carbocycles. The number of carbonyl (C=O) groups is 1. The van der Waals surface area contributed by atoms with E-state index in [0.29, 0.717) is 11.3 Å². The Balaban J connectivity index is 1.83. The van der Waals surface area contributed by atoms with Gasteiger partial charge in [0.2, 0.25) is 5.88 Å². The lowest BCUT2D eigenvalue weighted by atomic mass is 9.93. The lowest BCUT2D eigenvalue weighted by Crippen LogP contribution is -2.41. The summed E-state index contributed by atoms with van der Waals surface area (Å²) in [5, 5.41) is 17.8. The van der Waals surface area contributed by atoms with Gasteiger partial charge in [0.1, 0.15) is 11.3 Å². The fraction of sp³-hybridized carbons (Fsp3) is 0.250. The van der Waals surface area contributed by atoms with Crippen molar-refractivity contribution in [2.24, 2.45) is 7.05 Å². The Morgan fingerprint density at radius 2 is 2.29 bits per heavy atom. The van der Waals surface area contributed by atoms with Crippen molar-refractivity contribution < 1.29 is 23.5 Å². The van der Waals surface area contributed by atoms with Crippen LogP contribution in [0.15, 0.2) is 52.0 Å². The van der Waals surface area contributed by atoms with Crippen LogP contribution in [0.3, 0.4) is 0 Å². The third-order valence-corrected chi connectivity index (χ3v) is 3.67. The molecule has 0 spiro atoms. The lowest BCUT2D eigenvalue weighted by molar-refractivity contribution is 0.0519. The predicted octanol–water partition coefficient (Wildman–Crippen LogP) is 1.28. The summed E-state index contributed by atoms with van der Waals surface area (Å²) in [6.07, 6.45) is 5.83. The summed E-state index contributed by atoms with van der Waals surface area (Å²) < 4.78 is 16.9. The van der Waals surface area contributed by atoms with Crippen molar-refractivity contribution in [1.82, 2.24) is 15.1 Å². The zero-order valence-electron chi connectivity index (χ0n) is 13.2. The number of methoxy groups -OCH3 is 1. The molecule has 0 radical (unpaired) electrons. The van der Waals surface area contributed by atoms with E-state index in [4.69, 9.17) is 13.6 Å². The van der Waals surface area contributed by atoms with E-state index in [2.05, 4.69) is 10.4 Å². The molecule has 0 bridgehead atoms. The van der Waals surface area contributed by atoms with Crippen LogP contribution in [-0.4, -0.2) is 34.4 Å². The summed E-state index contributed by atoms with van der Waals surface area (Å²) in [6, 6.07) is 4.90. The van der Waals surface area contributed by atoms with Crippen LogP contribution in [0.4, 0.5) is 0 Å². The first-order valence-electron chi connectivity index (χ1n) is 7.19. The molecular formula is C16H17N3O5. The summed E-state index contributed by atoms with van der Waals surface area (Å²) in [5.41, 5.74) is -0.813. The van der Waals surface area contributed by atoms with Gasteiger partial charge in [0.25, 0.3) is 5.91 Å². The van der Waals surface area contributed by atoms with Crippen LogP contribution in [0.2, 0.25) is 0 Å². The molecule has 3 aromatic heterocycles. The smallest absolute Gasteiger partial charge is 0.258 e. The Bertz CT molecular complexity index is 771. The van der Waals surface area contributed by atoms with Gasteiger partial charge in [-0.2, -0.15) is 0 Å². The summed E-state index contributed by atoms with van der Waals surface area (Å²) in [4.78, 5) is 12.4. The standard InChI is InChI=1S/C16H17N3O5/c1-19-8-12(15(18-19)22-2)14(20)17-10-16(21,11-5-7-23-9-11)13-4-3-6-24-13/h3-9,21H,10H2,1-2H3,(H,17,20). The summed E-state index contributed by atoms with van der Waals surface area (Å²) >= 11 is 0. The molecule has 8 nitrogen and oxygen atoms in total. The maximum absolute atomic E-state index is 12.4. The molecule has 2 N–H and O–H groups in total. The van der Waals surface area contributed by atoms with Gasteiger partial charge < -0.3 is 24.0 Å². The highest BCUT2D eigenvalue weighted by atomic mass is 16.5. The molecule has 8 heteroatoms. The molecule has 1 amide bonds. The zero-order chi connectivity index (χ0) is 17.2. The molecule has 0 aliphatic heterocycles. The first-order chi connectivity index (χ1) is 11.5. The van der Waals surface area contributed by atoms with Crippen LogP contribution in [0.1, 0.15) is 21.7 Å². The summed E-state index contributed by atoms with van der Waals surface area (Å²) in [6.45, 7) is -0.114. The molecule has 1 unspecified atom stereocenters. The first kappa shape index (κ1) is 15.9. The number of furan rings is 2. The highest BCUT2D eigenvalue weighted by Crippen LogP contribution is 2.30. The van der Waals surface area contributed by atoms with Gasteiger partial charge >= 0.3 is 0 Å². The number of hydrogen-bond donors (Lipinski definition) is 2. The van der Waals surface area contributed by atoms with Gasteiger partial charge in [0, 0.05) is 18.8 Å². The van der Waals surface area contributed by atoms with Crippen LogP contribution in [0, 0.1) is 0 Å². The minimum absolute atomic E-state index is 0.114. The molecule has 3 rings (SSSR count). The molecule has 0 fully saturated rings. The number of carbonyl (C=O) groups excluding carboxylic acids is 1. The number of rotatable bonds is 6. The fourth-order valence-corrected chi connectivity index (χ4v) is 2.42. The summed E-state index contributed by atoms with van der Waals surface area (Å²) in [7, 11) is 3.12. The van der Waals surface area contributed by atoms with E-state index in [-0.39, 0.29) is 18.0 Å². The van der Waals surface area contributed by atoms with Crippen LogP contribution in [0.5, 0.6) is 5.88 Å². The second kappa shape index (κ2) is 6.25. The SMILES string of the molecule is COc1nn(C)cc1C(=O)NCC(O)(c1ccoc1)c1ccco1. The molecule has 126 valence electrons. The monoisotopic (exact) mass is 331 g/mol. The first-order valence-corrected chi connectivity index (χ1v) is 7.19. The Kier molecular flexibility index (Phi) is 4.13. The van der Waals surface area contributed by atoms with E-state index < -0.39 is 11.5 Å². The second-order valence-electron chi connectivity index (χ2n) is 5.26. The van der Waals surface area contributed by atoms with Crippen molar-refractivity contribution in [3.8, 4) is 5.88 Å². The normalized spacial score (nSPS) is 13.5. The molecule has 3 heterocycles. The third-order valence-electron chi connectivity index (χ3n) is 3.67. The summed E-state index contributed by atoms with van der Waals surface area (Å²) in [5.74, 6) is 0.0793. The van der Waals surface area contributed by atoms with Crippen LogP contribution >= 0.6 is 0 Å². The van der Waals surface area contributed by atoms with Crippen molar-refractivity contribution in [1.29, 1.82) is 0 Å². The van der Waals surface area contributed by atoms with E-state index >= 15 is 0 Å². The van der Waals surface area contributed by atoms with E-state index in [1.54, 1.807) is 25.2 Å². The molecule has 3 aromatic rings. The van der Waals surface area contributed by atoms with Gasteiger partial charge in [-0.25, -0.2) is 0 Å². The maximum atomic E-state index is 12.4. The Labute approximate surface area is 137 Å². The van der Waals surface area contributed by atoms with Crippen molar-refractivity contribution in [2.75, 3.05) is 13.7 Å². The number of aryl methyl sites for hydroxylation is 1. The van der Waals surface area contributed by atoms with Crippen molar-refractivity contribution in [2.45, 2.75) is 5.60 Å². The maximum Gasteiger partial charge on any atom is 0.258 e. The van der Waals surface area contributed by atoms with E-state index in [1.165, 1.54) is 36.8 Å². The van der Waals surface area contributed by atoms with E-state index in [9.17, 15) is 9.90 Å². The minimum Gasteiger partial charge on any atom is -0.479 e. The average molecular weight is 331 g/mol. The minimum atomic E-state index is -1.55. The topological polar surface area (TPSA) is 103 Å². The van der Waals surface area contributed by atoms with Crippen LogP contribution in [0.25, 0.3) is 0 Å². The fourth-order valence-electron chi connectivity index (χ4n) is 2.42. The number of hydrogen-bond acceptors (Lipinski definition) is 6. The molecular weight excluding hydrogens is 314 g/mol. The van der Waals surface area contributed by atoms with Crippen molar-refractivity contribution >= 4 is 5.91 Å². The highest BCUT2D eigenvalue weighted by molar-refractivity contribution is 5.96. The average Bonchev–Trinajstić information content (AvgIpc) is 3.32. The number of amides is 1. The van der Waals surface area contributed by atoms with Gasteiger partial charge in [0.05, 0.1) is 32.4 Å². The Morgan fingerprint density at radius 1 is 1.46 bits per heavy atom. The number of aliphatic hydroxyl groups is 1. The van der Waals surface area contributed by atoms with Gasteiger partial charge in [-0.1, -0.05) is 0 Å². The quantitative estimate of drug-likeness (QED) is 0.705. The second-order valence-corrected chi connectivity index (χ2v) is 5.26. The zero-order valence-corrected chi connectivity index (χ0v) is 13.2. The lowest BCUT2D eigenvalue weighted by Gasteiger charge is -2.25. The largest absolute Gasteiger partial charge is 0.479 e.